The molecule has 2 atom stereocenters. The SMILES string of the molecule is CCOC(=O)C1CC(=O)N(P(=O)(c2ccccc2)c2ccccc2)C1(C)c1ccccc1. The van der Waals surface area contributed by atoms with Gasteiger partial charge in [-0.1, -0.05) is 66.7 Å². The van der Waals surface area contributed by atoms with Crippen molar-refractivity contribution in [1.29, 1.82) is 0 Å². The summed E-state index contributed by atoms with van der Waals surface area (Å²) in [6, 6.07) is 27.4. The number of ether oxygens (including phenoxy) is 1. The zero-order valence-electron chi connectivity index (χ0n) is 18.2. The largest absolute Gasteiger partial charge is 0.466 e. The molecule has 1 amide bonds. The lowest BCUT2D eigenvalue weighted by molar-refractivity contribution is -0.150. The summed E-state index contributed by atoms with van der Waals surface area (Å²) in [5.74, 6) is -1.56. The second-order valence-corrected chi connectivity index (χ2v) is 10.6. The first kappa shape index (κ1) is 22.0. The van der Waals surface area contributed by atoms with Crippen LogP contribution < -0.4 is 10.6 Å². The monoisotopic (exact) mass is 447 g/mol. The van der Waals surface area contributed by atoms with Gasteiger partial charge in [-0.25, -0.2) is 0 Å². The Bertz CT molecular complexity index is 1110. The molecule has 1 heterocycles. The lowest BCUT2D eigenvalue weighted by Gasteiger charge is -2.43. The van der Waals surface area contributed by atoms with Gasteiger partial charge >= 0.3 is 5.97 Å². The second-order valence-electron chi connectivity index (χ2n) is 7.97. The van der Waals surface area contributed by atoms with E-state index in [9.17, 15) is 9.59 Å². The Morgan fingerprint density at radius 3 is 1.88 bits per heavy atom. The predicted octanol–water partition coefficient (Wildman–Crippen LogP) is 4.24. The first-order valence-electron chi connectivity index (χ1n) is 10.7. The second kappa shape index (κ2) is 8.76. The third-order valence-corrected chi connectivity index (χ3v) is 9.35. The lowest BCUT2D eigenvalue weighted by atomic mass is 9.81. The van der Waals surface area contributed by atoms with Crippen LogP contribution in [0.25, 0.3) is 0 Å². The Morgan fingerprint density at radius 2 is 1.41 bits per heavy atom. The van der Waals surface area contributed by atoms with Crippen LogP contribution in [0.1, 0.15) is 25.8 Å². The van der Waals surface area contributed by atoms with E-state index in [1.54, 1.807) is 31.2 Å². The molecular formula is C26H26NO4P. The van der Waals surface area contributed by atoms with Crippen LogP contribution in [0.2, 0.25) is 0 Å². The average Bonchev–Trinajstić information content (AvgIpc) is 3.12. The van der Waals surface area contributed by atoms with Crippen LogP contribution in [0.15, 0.2) is 91.0 Å². The van der Waals surface area contributed by atoms with Crippen LogP contribution in [-0.2, 0) is 24.4 Å². The fraction of sp³-hybridized carbons (Fsp3) is 0.231. The van der Waals surface area contributed by atoms with Gasteiger partial charge in [-0.2, -0.15) is 0 Å². The van der Waals surface area contributed by atoms with Crippen LogP contribution in [0.3, 0.4) is 0 Å². The number of esters is 1. The third kappa shape index (κ3) is 3.47. The highest BCUT2D eigenvalue weighted by Crippen LogP contribution is 2.60. The van der Waals surface area contributed by atoms with Crippen molar-refractivity contribution >= 4 is 29.8 Å². The maximum Gasteiger partial charge on any atom is 0.312 e. The smallest absolute Gasteiger partial charge is 0.312 e. The molecule has 5 nitrogen and oxygen atoms in total. The van der Waals surface area contributed by atoms with E-state index in [1.165, 1.54) is 4.67 Å². The van der Waals surface area contributed by atoms with Crippen LogP contribution in [-0.4, -0.2) is 23.2 Å². The van der Waals surface area contributed by atoms with E-state index < -0.39 is 24.7 Å². The van der Waals surface area contributed by atoms with Gasteiger partial charge in [0.25, 0.3) is 0 Å². The highest BCUT2D eigenvalue weighted by atomic mass is 31.2. The number of benzene rings is 3. The van der Waals surface area contributed by atoms with E-state index in [0.29, 0.717) is 10.6 Å². The summed E-state index contributed by atoms with van der Waals surface area (Å²) < 4.78 is 21.9. The molecular weight excluding hydrogens is 421 g/mol. The first-order valence-corrected chi connectivity index (χ1v) is 12.4. The topological polar surface area (TPSA) is 63.7 Å². The molecule has 164 valence electrons. The number of amides is 1. The number of nitrogens with zero attached hydrogens (tertiary/aromatic N) is 1. The van der Waals surface area contributed by atoms with E-state index in [-0.39, 0.29) is 18.9 Å². The molecule has 0 aromatic heterocycles. The normalized spacial score (nSPS) is 20.9. The average molecular weight is 447 g/mol. The number of rotatable bonds is 6. The molecule has 1 fully saturated rings. The Hall–Kier alpha value is -3.17. The summed E-state index contributed by atoms with van der Waals surface area (Å²) in [7, 11) is -3.63. The molecule has 0 bridgehead atoms. The van der Waals surface area contributed by atoms with Gasteiger partial charge in [0.2, 0.25) is 13.2 Å². The summed E-state index contributed by atoms with van der Waals surface area (Å²) >= 11 is 0. The molecule has 0 radical (unpaired) electrons. The standard InChI is InChI=1S/C26H26NO4P/c1-3-31-25(29)23-19-24(28)27(26(23,2)20-13-7-4-8-14-20)32(30,21-15-9-5-10-16-21)22-17-11-6-12-18-22/h4-18,23H,3,19H2,1-2H3. The van der Waals surface area contributed by atoms with Crippen molar-refractivity contribution in [2.75, 3.05) is 6.61 Å². The minimum Gasteiger partial charge on any atom is -0.466 e. The van der Waals surface area contributed by atoms with Crippen LogP contribution in [0, 0.1) is 5.92 Å². The van der Waals surface area contributed by atoms with Gasteiger partial charge in [0, 0.05) is 17.0 Å². The van der Waals surface area contributed by atoms with Crippen molar-refractivity contribution in [1.82, 2.24) is 4.67 Å². The summed E-state index contributed by atoms with van der Waals surface area (Å²) in [6.45, 7) is 3.78. The van der Waals surface area contributed by atoms with Crippen molar-refractivity contribution in [3.05, 3.63) is 96.6 Å². The molecule has 0 aliphatic carbocycles. The molecule has 1 aliphatic rings. The van der Waals surface area contributed by atoms with E-state index in [1.807, 2.05) is 73.7 Å². The predicted molar refractivity (Wildman–Crippen MR) is 125 cm³/mol. The molecule has 1 aliphatic heterocycles. The molecule has 0 N–H and O–H groups in total. The number of carbonyl (C=O) groups is 2. The molecule has 3 aromatic rings. The fourth-order valence-corrected chi connectivity index (χ4v) is 7.76. The molecule has 0 saturated carbocycles. The van der Waals surface area contributed by atoms with Crippen LogP contribution >= 0.6 is 7.29 Å². The molecule has 3 aromatic carbocycles. The molecule has 32 heavy (non-hydrogen) atoms. The van der Waals surface area contributed by atoms with Crippen molar-refractivity contribution in [3.8, 4) is 0 Å². The van der Waals surface area contributed by atoms with Gasteiger partial charge in [-0.15, -0.1) is 0 Å². The van der Waals surface area contributed by atoms with Crippen molar-refractivity contribution in [2.24, 2.45) is 5.92 Å². The Balaban J connectivity index is 2.00. The van der Waals surface area contributed by atoms with Gasteiger partial charge in [-0.05, 0) is 43.7 Å². The summed E-state index contributed by atoms with van der Waals surface area (Å²) in [5, 5.41) is 1.09. The Labute approximate surface area is 188 Å². The number of hydrogen-bond donors (Lipinski definition) is 0. The van der Waals surface area contributed by atoms with Crippen molar-refractivity contribution in [2.45, 2.75) is 25.8 Å². The van der Waals surface area contributed by atoms with Gasteiger partial charge in [0.1, 0.15) is 0 Å². The molecule has 1 saturated heterocycles. The quantitative estimate of drug-likeness (QED) is 0.419. The van der Waals surface area contributed by atoms with E-state index >= 15 is 4.57 Å². The Morgan fingerprint density at radius 1 is 0.938 bits per heavy atom. The van der Waals surface area contributed by atoms with Gasteiger partial charge in [0.05, 0.1) is 18.1 Å². The summed E-state index contributed by atoms with van der Waals surface area (Å²) in [4.78, 5) is 26.7. The van der Waals surface area contributed by atoms with Crippen molar-refractivity contribution in [3.63, 3.8) is 0 Å². The van der Waals surface area contributed by atoms with Crippen LogP contribution in [0.4, 0.5) is 0 Å². The fourth-order valence-electron chi connectivity index (χ4n) is 4.61. The lowest BCUT2D eigenvalue weighted by Crippen LogP contribution is -2.48. The highest BCUT2D eigenvalue weighted by molar-refractivity contribution is 7.77. The minimum absolute atomic E-state index is 0.0616. The van der Waals surface area contributed by atoms with Crippen LogP contribution in [0.5, 0.6) is 0 Å². The summed E-state index contributed by atoms with van der Waals surface area (Å²) in [5.41, 5.74) is -0.401. The number of carbonyl (C=O) groups excluding carboxylic acids is 2. The van der Waals surface area contributed by atoms with E-state index in [0.717, 1.165) is 5.56 Å². The first-order chi connectivity index (χ1) is 15.4. The molecule has 4 rings (SSSR count). The van der Waals surface area contributed by atoms with E-state index in [2.05, 4.69) is 0 Å². The third-order valence-electron chi connectivity index (χ3n) is 6.16. The highest BCUT2D eigenvalue weighted by Gasteiger charge is 2.60. The van der Waals surface area contributed by atoms with Gasteiger partial charge in [0.15, 0.2) is 0 Å². The summed E-state index contributed by atoms with van der Waals surface area (Å²) in [6.07, 6.45) is -0.0616. The van der Waals surface area contributed by atoms with Crippen molar-refractivity contribution < 1.29 is 18.9 Å². The minimum atomic E-state index is -3.63. The van der Waals surface area contributed by atoms with E-state index in [4.69, 9.17) is 4.74 Å². The van der Waals surface area contributed by atoms with Gasteiger partial charge in [-0.3, -0.25) is 18.8 Å². The maximum absolute atomic E-state index is 15.1. The number of hydrogen-bond acceptors (Lipinski definition) is 4. The Kier molecular flexibility index (Phi) is 6.03. The maximum atomic E-state index is 15.1. The van der Waals surface area contributed by atoms with Gasteiger partial charge < -0.3 is 4.74 Å². The molecule has 6 heteroatoms. The molecule has 0 spiro atoms. The zero-order valence-corrected chi connectivity index (χ0v) is 19.1. The molecule has 2 unspecified atom stereocenters. The zero-order chi connectivity index (χ0) is 22.8.